The number of carbonyl (C=O) groups excluding carboxylic acids is 2. The molecule has 0 fully saturated rings. The van der Waals surface area contributed by atoms with E-state index in [1.54, 1.807) is 18.2 Å². The van der Waals surface area contributed by atoms with Crippen LogP contribution in [0, 0.1) is 6.92 Å². The number of hydrogen-bond acceptors (Lipinski definition) is 6. The van der Waals surface area contributed by atoms with Gasteiger partial charge >= 0.3 is 5.97 Å². The van der Waals surface area contributed by atoms with Crippen molar-refractivity contribution >= 4 is 51.7 Å². The van der Waals surface area contributed by atoms with Gasteiger partial charge in [0.05, 0.1) is 10.9 Å². The Kier molecular flexibility index (Phi) is 8.39. The van der Waals surface area contributed by atoms with Crippen molar-refractivity contribution in [3.8, 4) is 11.3 Å². The smallest absolute Gasteiger partial charge is 0.328 e. The van der Waals surface area contributed by atoms with Gasteiger partial charge in [-0.15, -0.1) is 23.1 Å². The van der Waals surface area contributed by atoms with Crippen molar-refractivity contribution < 1.29 is 19.5 Å². The predicted molar refractivity (Wildman–Crippen MR) is 133 cm³/mol. The zero-order valence-electron chi connectivity index (χ0n) is 18.1. The molecule has 2 aromatic carbocycles. The highest BCUT2D eigenvalue weighted by molar-refractivity contribution is 8.00. The van der Waals surface area contributed by atoms with Crippen LogP contribution in [-0.4, -0.2) is 33.1 Å². The largest absolute Gasteiger partial charge is 0.478 e. The minimum atomic E-state index is -1.20. The third-order valence-corrected chi connectivity index (χ3v) is 6.74. The summed E-state index contributed by atoms with van der Waals surface area (Å²) in [6.45, 7) is 3.91. The summed E-state index contributed by atoms with van der Waals surface area (Å²) in [6.07, 6.45) is 2.32. The Hall–Kier alpha value is -3.43. The number of nitrogens with zero attached hydrogens (tertiary/aromatic N) is 1. The monoisotopic (exact) mass is 481 g/mol. The van der Waals surface area contributed by atoms with Gasteiger partial charge in [0.1, 0.15) is 0 Å². The van der Waals surface area contributed by atoms with Gasteiger partial charge in [0.25, 0.3) is 0 Å². The van der Waals surface area contributed by atoms with Crippen molar-refractivity contribution in [2.75, 3.05) is 10.6 Å². The fourth-order valence-corrected chi connectivity index (χ4v) is 4.82. The van der Waals surface area contributed by atoms with Gasteiger partial charge in [0, 0.05) is 33.2 Å². The molecule has 1 atom stereocenters. The average Bonchev–Trinajstić information content (AvgIpc) is 3.16. The van der Waals surface area contributed by atoms with Gasteiger partial charge < -0.3 is 15.7 Å². The highest BCUT2D eigenvalue weighted by Crippen LogP contribution is 2.32. The maximum absolute atomic E-state index is 12.9. The van der Waals surface area contributed by atoms with Gasteiger partial charge in [-0.2, -0.15) is 0 Å². The Bertz CT molecular complexity index is 1180. The van der Waals surface area contributed by atoms with E-state index in [2.05, 4.69) is 15.6 Å². The van der Waals surface area contributed by atoms with Gasteiger partial charge in [0.2, 0.25) is 11.8 Å². The number of hydrogen-bond donors (Lipinski definition) is 3. The standard InChI is InChI=1S/C24H23N3O4S2/c1-3-19(33-18-11-7-10-17(14-18)25-20(28)12-13-21(29)30)23(31)27-24-26-22(15(2)32-24)16-8-5-4-6-9-16/h4-14,19H,3H2,1-2H3,(H,25,28)(H,29,30)(H,26,27,31)/b13-12+. The molecule has 3 aromatic rings. The first-order chi connectivity index (χ1) is 15.9. The van der Waals surface area contributed by atoms with Gasteiger partial charge in [-0.1, -0.05) is 43.3 Å². The summed E-state index contributed by atoms with van der Waals surface area (Å²) in [5, 5.41) is 14.4. The van der Waals surface area contributed by atoms with Crippen molar-refractivity contribution in [1.29, 1.82) is 0 Å². The van der Waals surface area contributed by atoms with E-state index in [0.29, 0.717) is 17.2 Å². The van der Waals surface area contributed by atoms with Crippen molar-refractivity contribution in [3.05, 3.63) is 71.6 Å². The number of thiazole rings is 1. The predicted octanol–water partition coefficient (Wildman–Crippen LogP) is 5.21. The van der Waals surface area contributed by atoms with Gasteiger partial charge in [0.15, 0.2) is 5.13 Å². The number of aryl methyl sites for hydroxylation is 1. The number of rotatable bonds is 9. The van der Waals surface area contributed by atoms with E-state index >= 15 is 0 Å². The van der Waals surface area contributed by atoms with Crippen LogP contribution in [0.25, 0.3) is 11.3 Å². The lowest BCUT2D eigenvalue weighted by Crippen LogP contribution is -2.24. The minimum absolute atomic E-state index is 0.144. The maximum atomic E-state index is 12.9. The molecule has 33 heavy (non-hydrogen) atoms. The van der Waals surface area contributed by atoms with Gasteiger partial charge in [-0.05, 0) is 31.5 Å². The second-order valence-electron chi connectivity index (χ2n) is 6.98. The van der Waals surface area contributed by atoms with Crippen molar-refractivity contribution in [2.45, 2.75) is 30.4 Å². The van der Waals surface area contributed by atoms with Crippen LogP contribution in [-0.2, 0) is 14.4 Å². The summed E-state index contributed by atoms with van der Waals surface area (Å²) in [5.74, 6) is -1.88. The van der Waals surface area contributed by atoms with Crippen molar-refractivity contribution in [2.24, 2.45) is 0 Å². The molecule has 1 heterocycles. The van der Waals surface area contributed by atoms with E-state index < -0.39 is 11.9 Å². The minimum Gasteiger partial charge on any atom is -0.478 e. The number of aliphatic carboxylic acids is 1. The lowest BCUT2D eigenvalue weighted by molar-refractivity contribution is -0.131. The van der Waals surface area contributed by atoms with E-state index in [9.17, 15) is 14.4 Å². The number of amides is 2. The first-order valence-electron chi connectivity index (χ1n) is 10.2. The first kappa shape index (κ1) is 24.2. The number of nitrogens with one attached hydrogen (secondary N) is 2. The normalized spacial score (nSPS) is 11.8. The molecule has 1 unspecified atom stereocenters. The Morgan fingerprint density at radius 3 is 2.55 bits per heavy atom. The van der Waals surface area contributed by atoms with Crippen molar-refractivity contribution in [1.82, 2.24) is 4.98 Å². The van der Waals surface area contributed by atoms with E-state index in [4.69, 9.17) is 5.11 Å². The fraction of sp³-hybridized carbons (Fsp3) is 0.167. The second kappa shape index (κ2) is 11.4. The van der Waals surface area contributed by atoms with Crippen LogP contribution in [0.2, 0.25) is 0 Å². The van der Waals surface area contributed by atoms with Crippen LogP contribution in [0.4, 0.5) is 10.8 Å². The first-order valence-corrected chi connectivity index (χ1v) is 11.9. The summed E-state index contributed by atoms with van der Waals surface area (Å²) in [5.41, 5.74) is 2.38. The molecular weight excluding hydrogens is 458 g/mol. The molecule has 9 heteroatoms. The summed E-state index contributed by atoms with van der Waals surface area (Å²) in [7, 11) is 0. The van der Waals surface area contributed by atoms with E-state index in [-0.39, 0.29) is 11.2 Å². The number of carboxylic acids is 1. The SMILES string of the molecule is CCC(Sc1cccc(NC(=O)/C=C/C(=O)O)c1)C(=O)Nc1nc(-c2ccccc2)c(C)s1. The number of carboxylic acid groups (broad SMARTS) is 1. The molecule has 0 spiro atoms. The fourth-order valence-electron chi connectivity index (χ4n) is 2.96. The molecule has 0 bridgehead atoms. The van der Waals surface area contributed by atoms with Crippen LogP contribution < -0.4 is 10.6 Å². The zero-order chi connectivity index (χ0) is 23.8. The number of aromatic nitrogens is 1. The van der Waals surface area contributed by atoms with E-state index in [0.717, 1.165) is 33.2 Å². The number of anilines is 2. The third-order valence-electron chi connectivity index (χ3n) is 4.49. The molecular formula is C24H23N3O4S2. The molecule has 1 aromatic heterocycles. The van der Waals surface area contributed by atoms with Crippen molar-refractivity contribution in [3.63, 3.8) is 0 Å². The number of benzene rings is 2. The molecule has 0 aliphatic carbocycles. The van der Waals surface area contributed by atoms with Crippen LogP contribution in [0.5, 0.6) is 0 Å². The molecule has 0 saturated carbocycles. The summed E-state index contributed by atoms with van der Waals surface area (Å²) < 4.78 is 0. The van der Waals surface area contributed by atoms with Crippen LogP contribution in [0.3, 0.4) is 0 Å². The van der Waals surface area contributed by atoms with E-state index in [1.807, 2.05) is 50.2 Å². The second-order valence-corrected chi connectivity index (χ2v) is 9.46. The van der Waals surface area contributed by atoms with Gasteiger partial charge in [-0.25, -0.2) is 9.78 Å². The van der Waals surface area contributed by atoms with Crippen LogP contribution in [0.15, 0.2) is 71.6 Å². The zero-order valence-corrected chi connectivity index (χ0v) is 19.7. The lowest BCUT2D eigenvalue weighted by Gasteiger charge is -2.14. The molecule has 3 rings (SSSR count). The quantitative estimate of drug-likeness (QED) is 0.286. The molecule has 0 radical (unpaired) electrons. The molecule has 0 aliphatic heterocycles. The topological polar surface area (TPSA) is 108 Å². The molecule has 7 nitrogen and oxygen atoms in total. The molecule has 170 valence electrons. The maximum Gasteiger partial charge on any atom is 0.328 e. The lowest BCUT2D eigenvalue weighted by atomic mass is 10.1. The van der Waals surface area contributed by atoms with Gasteiger partial charge in [-0.3, -0.25) is 9.59 Å². The van der Waals surface area contributed by atoms with E-state index in [1.165, 1.54) is 23.1 Å². The number of carbonyl (C=O) groups is 3. The average molecular weight is 482 g/mol. The Morgan fingerprint density at radius 2 is 1.85 bits per heavy atom. The summed E-state index contributed by atoms with van der Waals surface area (Å²) >= 11 is 2.82. The molecule has 0 saturated heterocycles. The summed E-state index contributed by atoms with van der Waals surface area (Å²) in [6, 6.07) is 16.9. The molecule has 3 N–H and O–H groups in total. The molecule has 2 amide bonds. The Labute approximate surface area is 200 Å². The summed E-state index contributed by atoms with van der Waals surface area (Å²) in [4.78, 5) is 41.7. The van der Waals surface area contributed by atoms with Crippen LogP contribution in [0.1, 0.15) is 18.2 Å². The van der Waals surface area contributed by atoms with Crippen LogP contribution >= 0.6 is 23.1 Å². The molecule has 0 aliphatic rings. The Balaban J connectivity index is 1.66. The number of thioether (sulfide) groups is 1. The highest BCUT2D eigenvalue weighted by Gasteiger charge is 2.20. The highest BCUT2D eigenvalue weighted by atomic mass is 32.2. The third kappa shape index (κ3) is 7.03. The Morgan fingerprint density at radius 1 is 1.09 bits per heavy atom.